The van der Waals surface area contributed by atoms with Gasteiger partial charge in [-0.1, -0.05) is 12.1 Å². The summed E-state index contributed by atoms with van der Waals surface area (Å²) >= 11 is 0. The molecule has 3 aromatic heterocycles. The maximum atomic E-state index is 13.3. The summed E-state index contributed by atoms with van der Waals surface area (Å²) in [6, 6.07) is 18.1. The lowest BCUT2D eigenvalue weighted by Crippen LogP contribution is -2.22. The molecule has 3 heterocycles. The number of nitriles is 1. The minimum atomic E-state index is -0.284. The molecule has 0 aliphatic rings. The lowest BCUT2D eigenvalue weighted by Gasteiger charge is -2.11. The van der Waals surface area contributed by atoms with Crippen molar-refractivity contribution >= 4 is 28.4 Å². The molecule has 0 amide bonds. The summed E-state index contributed by atoms with van der Waals surface area (Å²) in [6.07, 6.45) is 6.44. The quantitative estimate of drug-likeness (QED) is 0.443. The Morgan fingerprint density at radius 3 is 2.71 bits per heavy atom. The van der Waals surface area contributed by atoms with E-state index in [4.69, 9.17) is 5.73 Å². The number of benzene rings is 1. The van der Waals surface area contributed by atoms with Crippen molar-refractivity contribution in [3.05, 3.63) is 94.7 Å². The van der Waals surface area contributed by atoms with Gasteiger partial charge in [0.15, 0.2) is 0 Å². The van der Waals surface area contributed by atoms with Gasteiger partial charge < -0.3 is 5.73 Å². The number of nitrogens with two attached hydrogens (primary N) is 1. The van der Waals surface area contributed by atoms with E-state index in [1.807, 2.05) is 6.07 Å². The van der Waals surface area contributed by atoms with Gasteiger partial charge in [0.25, 0.3) is 5.56 Å². The van der Waals surface area contributed by atoms with Crippen LogP contribution >= 0.6 is 0 Å². The summed E-state index contributed by atoms with van der Waals surface area (Å²) in [5, 5.41) is 10.4. The van der Waals surface area contributed by atoms with Crippen LogP contribution in [0.3, 0.4) is 0 Å². The van der Waals surface area contributed by atoms with E-state index in [9.17, 15) is 10.1 Å². The molecule has 0 atom stereocenters. The first-order chi connectivity index (χ1) is 13.7. The first-order valence-electron chi connectivity index (χ1n) is 8.56. The van der Waals surface area contributed by atoms with Gasteiger partial charge in [-0.15, -0.1) is 0 Å². The molecule has 6 heteroatoms. The van der Waals surface area contributed by atoms with E-state index in [2.05, 4.69) is 16.0 Å². The van der Waals surface area contributed by atoms with Gasteiger partial charge in [0.2, 0.25) is 0 Å². The van der Waals surface area contributed by atoms with Crippen LogP contribution in [-0.2, 0) is 0 Å². The summed E-state index contributed by atoms with van der Waals surface area (Å²) in [6.45, 7) is 0. The Balaban J connectivity index is 2.01. The third kappa shape index (κ3) is 3.13. The van der Waals surface area contributed by atoms with E-state index in [0.29, 0.717) is 33.7 Å². The van der Waals surface area contributed by atoms with Crippen molar-refractivity contribution in [1.29, 1.82) is 5.26 Å². The predicted molar refractivity (Wildman–Crippen MR) is 109 cm³/mol. The highest BCUT2D eigenvalue weighted by atomic mass is 16.1. The van der Waals surface area contributed by atoms with Gasteiger partial charge in [-0.2, -0.15) is 5.26 Å². The van der Waals surface area contributed by atoms with Gasteiger partial charge >= 0.3 is 0 Å². The molecular weight excluding hydrogens is 350 g/mol. The Morgan fingerprint density at radius 1 is 1.11 bits per heavy atom. The van der Waals surface area contributed by atoms with Crippen molar-refractivity contribution in [2.75, 3.05) is 5.73 Å². The number of pyridine rings is 3. The Hall–Kier alpha value is -4.24. The number of nitrogen functional groups attached to an aromatic ring is 1. The van der Waals surface area contributed by atoms with Crippen molar-refractivity contribution in [2.45, 2.75) is 0 Å². The fourth-order valence-corrected chi connectivity index (χ4v) is 3.03. The molecule has 0 saturated carbocycles. The van der Waals surface area contributed by atoms with Crippen LogP contribution in [0.5, 0.6) is 0 Å². The third-order valence-electron chi connectivity index (χ3n) is 4.31. The number of rotatable bonds is 3. The summed E-state index contributed by atoms with van der Waals surface area (Å²) in [7, 11) is 0. The second-order valence-electron chi connectivity index (χ2n) is 6.16. The molecule has 0 bridgehead atoms. The lowest BCUT2D eigenvalue weighted by atomic mass is 10.1. The number of nitrogens with zero attached hydrogens (tertiary/aromatic N) is 4. The molecule has 28 heavy (non-hydrogen) atoms. The number of anilines is 1. The lowest BCUT2D eigenvalue weighted by molar-refractivity contribution is 1.01. The zero-order valence-corrected chi connectivity index (χ0v) is 14.8. The molecule has 2 N–H and O–H groups in total. The summed E-state index contributed by atoms with van der Waals surface area (Å²) in [5.74, 6) is 0. The largest absolute Gasteiger partial charge is 0.399 e. The van der Waals surface area contributed by atoms with Crippen molar-refractivity contribution in [2.24, 2.45) is 0 Å². The van der Waals surface area contributed by atoms with E-state index in [-0.39, 0.29) is 5.56 Å². The van der Waals surface area contributed by atoms with Crippen LogP contribution in [0, 0.1) is 11.3 Å². The van der Waals surface area contributed by atoms with Crippen LogP contribution in [0.1, 0.15) is 11.1 Å². The average molecular weight is 365 g/mol. The van der Waals surface area contributed by atoms with Crippen molar-refractivity contribution in [3.63, 3.8) is 0 Å². The minimum absolute atomic E-state index is 0.284. The predicted octanol–water partition coefficient (Wildman–Crippen LogP) is 3.43. The molecule has 0 aliphatic carbocycles. The average Bonchev–Trinajstić information content (AvgIpc) is 2.73. The third-order valence-corrected chi connectivity index (χ3v) is 4.31. The number of hydrogen-bond donors (Lipinski definition) is 1. The minimum Gasteiger partial charge on any atom is -0.399 e. The maximum Gasteiger partial charge on any atom is 0.264 e. The van der Waals surface area contributed by atoms with E-state index < -0.39 is 0 Å². The van der Waals surface area contributed by atoms with Crippen LogP contribution in [0.25, 0.3) is 28.4 Å². The van der Waals surface area contributed by atoms with E-state index in [0.717, 1.165) is 5.39 Å². The fraction of sp³-hybridized carbons (Fsp3) is 0. The second kappa shape index (κ2) is 7.17. The van der Waals surface area contributed by atoms with Crippen LogP contribution in [0.2, 0.25) is 0 Å². The van der Waals surface area contributed by atoms with Gasteiger partial charge in [0.05, 0.1) is 17.3 Å². The highest BCUT2D eigenvalue weighted by Gasteiger charge is 2.12. The molecule has 4 aromatic rings. The molecule has 134 valence electrons. The number of aromatic nitrogens is 3. The summed E-state index contributed by atoms with van der Waals surface area (Å²) in [5.41, 5.74) is 8.68. The Morgan fingerprint density at radius 2 is 1.96 bits per heavy atom. The monoisotopic (exact) mass is 365 g/mol. The topological polar surface area (TPSA) is 97.6 Å². The van der Waals surface area contributed by atoms with Gasteiger partial charge in [-0.25, -0.2) is 4.98 Å². The smallest absolute Gasteiger partial charge is 0.264 e. The van der Waals surface area contributed by atoms with Crippen molar-refractivity contribution in [3.8, 4) is 11.8 Å². The van der Waals surface area contributed by atoms with Crippen LogP contribution < -0.4 is 11.3 Å². The number of allylic oxidation sites excluding steroid dienone is 1. The van der Waals surface area contributed by atoms with Crippen LogP contribution in [-0.4, -0.2) is 14.5 Å². The van der Waals surface area contributed by atoms with Crippen molar-refractivity contribution in [1.82, 2.24) is 14.5 Å². The maximum absolute atomic E-state index is 13.3. The molecule has 1 aromatic carbocycles. The molecule has 0 saturated heterocycles. The van der Waals surface area contributed by atoms with E-state index >= 15 is 0 Å². The van der Waals surface area contributed by atoms with E-state index in [1.54, 1.807) is 73.2 Å². The number of fused-ring (bicyclic) bond motifs is 1. The Labute approximate surface area is 160 Å². The molecule has 6 nitrogen and oxygen atoms in total. The molecule has 0 radical (unpaired) electrons. The van der Waals surface area contributed by atoms with Gasteiger partial charge in [-0.05, 0) is 48.5 Å². The number of hydrogen-bond acceptors (Lipinski definition) is 5. The van der Waals surface area contributed by atoms with E-state index in [1.165, 1.54) is 4.57 Å². The Bertz CT molecular complexity index is 1300. The summed E-state index contributed by atoms with van der Waals surface area (Å²) in [4.78, 5) is 21.7. The second-order valence-corrected chi connectivity index (χ2v) is 6.16. The first-order valence-corrected chi connectivity index (χ1v) is 8.56. The normalized spacial score (nSPS) is 11.3. The fourth-order valence-electron chi connectivity index (χ4n) is 3.03. The molecule has 0 fully saturated rings. The first kappa shape index (κ1) is 17.2. The molecule has 0 spiro atoms. The highest BCUT2D eigenvalue weighted by Crippen LogP contribution is 2.20. The summed E-state index contributed by atoms with van der Waals surface area (Å²) < 4.78 is 1.51. The molecule has 0 unspecified atom stereocenters. The molecular formula is C22H15N5O. The zero-order chi connectivity index (χ0) is 19.5. The van der Waals surface area contributed by atoms with Gasteiger partial charge in [0.1, 0.15) is 5.65 Å². The Kier molecular flexibility index (Phi) is 4.40. The standard InChI is InChI=1S/C22H15N5O/c23-13-18(16-5-2-8-25-14-16)11-17-10-15-4-3-9-26-21(15)27(22(17)28)20-7-1-6-19(24)12-20/h1-12,14H,24H2/b18-11-. The van der Waals surface area contributed by atoms with Crippen LogP contribution in [0.15, 0.2) is 78.0 Å². The SMILES string of the molecule is N#C/C(=C/c1cc2cccnc2n(-c2cccc(N)c2)c1=O)c1cccnc1. The van der Waals surface area contributed by atoms with Crippen LogP contribution in [0.4, 0.5) is 5.69 Å². The highest BCUT2D eigenvalue weighted by molar-refractivity contribution is 5.91. The van der Waals surface area contributed by atoms with Gasteiger partial charge in [-0.3, -0.25) is 14.3 Å². The molecule has 4 rings (SSSR count). The van der Waals surface area contributed by atoms with Crippen molar-refractivity contribution < 1.29 is 0 Å². The zero-order valence-electron chi connectivity index (χ0n) is 14.8. The van der Waals surface area contributed by atoms with Gasteiger partial charge in [0, 0.05) is 40.8 Å². The molecule has 0 aliphatic heterocycles.